The zero-order chi connectivity index (χ0) is 22.2. The van der Waals surface area contributed by atoms with E-state index in [1.165, 1.54) is 7.11 Å². The highest BCUT2D eigenvalue weighted by atomic mass is 35.5. The predicted octanol–water partition coefficient (Wildman–Crippen LogP) is 4.93. The molecule has 166 valence electrons. The minimum atomic E-state index is -0.907. The molecule has 1 aliphatic heterocycles. The molecular formula is C24H23ClN2O4S. The van der Waals surface area contributed by atoms with Gasteiger partial charge in [-0.25, -0.2) is 4.98 Å². The Balaban J connectivity index is 1.61. The van der Waals surface area contributed by atoms with Crippen molar-refractivity contribution in [1.29, 1.82) is 0 Å². The normalized spacial score (nSPS) is 23.5. The van der Waals surface area contributed by atoms with Crippen LogP contribution in [0.1, 0.15) is 42.0 Å². The quantitative estimate of drug-likeness (QED) is 0.477. The molecule has 3 atom stereocenters. The summed E-state index contributed by atoms with van der Waals surface area (Å²) in [6.45, 7) is 0.623. The molecule has 1 amide bonds. The number of nitrogens with zero attached hydrogens (tertiary/aromatic N) is 2. The predicted molar refractivity (Wildman–Crippen MR) is 122 cm³/mol. The molecule has 2 heterocycles. The molecule has 0 N–H and O–H groups in total. The van der Waals surface area contributed by atoms with Crippen LogP contribution in [0.2, 0.25) is 5.02 Å². The molecule has 2 aliphatic rings. The summed E-state index contributed by atoms with van der Waals surface area (Å²) in [7, 11) is 1.32. The van der Waals surface area contributed by atoms with Gasteiger partial charge >= 0.3 is 5.97 Å². The third-order valence-electron chi connectivity index (χ3n) is 5.96. The van der Waals surface area contributed by atoms with Crippen LogP contribution in [-0.2, 0) is 19.1 Å². The fourth-order valence-electron chi connectivity index (χ4n) is 4.17. The SMILES string of the molecule is COC(=O)C[C@H]1O[C@H](c2cccc(Cl)c2)[C@@H](c2nc3ccccc3s2)N(CC2CC2)C1=O. The average molecular weight is 471 g/mol. The van der Waals surface area contributed by atoms with Crippen LogP contribution in [0, 0.1) is 5.92 Å². The highest BCUT2D eigenvalue weighted by Crippen LogP contribution is 2.46. The molecule has 1 aliphatic carbocycles. The van der Waals surface area contributed by atoms with Crippen molar-refractivity contribution in [3.8, 4) is 0 Å². The minimum Gasteiger partial charge on any atom is -0.469 e. The van der Waals surface area contributed by atoms with Gasteiger partial charge in [0.05, 0.1) is 23.7 Å². The maximum absolute atomic E-state index is 13.5. The van der Waals surface area contributed by atoms with Gasteiger partial charge in [-0.3, -0.25) is 9.59 Å². The number of para-hydroxylation sites is 1. The van der Waals surface area contributed by atoms with Crippen molar-refractivity contribution in [3.63, 3.8) is 0 Å². The Kier molecular flexibility index (Phi) is 5.88. The Morgan fingerprint density at radius 2 is 2.06 bits per heavy atom. The van der Waals surface area contributed by atoms with Crippen molar-refractivity contribution in [1.82, 2.24) is 9.88 Å². The Bertz CT molecular complexity index is 1130. The number of esters is 1. The molecule has 2 fully saturated rings. The lowest BCUT2D eigenvalue weighted by molar-refractivity contribution is -0.179. The fraction of sp³-hybridized carbons (Fsp3) is 0.375. The van der Waals surface area contributed by atoms with Gasteiger partial charge in [0.1, 0.15) is 23.3 Å². The number of ether oxygens (including phenoxy) is 2. The molecule has 1 saturated carbocycles. The van der Waals surface area contributed by atoms with Crippen molar-refractivity contribution in [2.24, 2.45) is 5.92 Å². The molecule has 0 spiro atoms. The van der Waals surface area contributed by atoms with Gasteiger partial charge in [-0.05, 0) is 48.6 Å². The number of hydrogen-bond acceptors (Lipinski definition) is 6. The summed E-state index contributed by atoms with van der Waals surface area (Å²) in [6.07, 6.45) is 0.665. The van der Waals surface area contributed by atoms with Crippen LogP contribution in [-0.4, -0.2) is 41.5 Å². The van der Waals surface area contributed by atoms with Crippen molar-refractivity contribution in [2.75, 3.05) is 13.7 Å². The van der Waals surface area contributed by atoms with E-state index in [1.54, 1.807) is 17.4 Å². The minimum absolute atomic E-state index is 0.125. The standard InChI is InChI=1S/C24H23ClN2O4S/c1-30-20(28)12-18-24(29)27(13-14-9-10-14)21(22(31-18)15-5-4-6-16(25)11-15)23-26-17-7-2-3-8-19(17)32-23/h2-8,11,14,18,21-22H,9-10,12-13H2,1H3/t18-,21+,22-/m1/s1. The van der Waals surface area contributed by atoms with Crippen LogP contribution < -0.4 is 0 Å². The number of fused-ring (bicyclic) bond motifs is 1. The van der Waals surface area contributed by atoms with E-state index < -0.39 is 24.2 Å². The van der Waals surface area contributed by atoms with Gasteiger partial charge in [0.15, 0.2) is 0 Å². The van der Waals surface area contributed by atoms with Crippen LogP contribution in [0.15, 0.2) is 48.5 Å². The molecule has 32 heavy (non-hydrogen) atoms. The Hall–Kier alpha value is -2.48. The van der Waals surface area contributed by atoms with E-state index in [4.69, 9.17) is 26.1 Å². The third kappa shape index (κ3) is 4.25. The monoisotopic (exact) mass is 470 g/mol. The number of hydrogen-bond donors (Lipinski definition) is 0. The summed E-state index contributed by atoms with van der Waals surface area (Å²) in [6, 6.07) is 15.0. The van der Waals surface area contributed by atoms with Crippen molar-refractivity contribution < 1.29 is 19.1 Å². The summed E-state index contributed by atoms with van der Waals surface area (Å²) >= 11 is 7.87. The number of methoxy groups -OCH3 is 1. The van der Waals surface area contributed by atoms with Crippen LogP contribution in [0.5, 0.6) is 0 Å². The average Bonchev–Trinajstić information content (AvgIpc) is 3.51. The topological polar surface area (TPSA) is 68.7 Å². The maximum Gasteiger partial charge on any atom is 0.308 e. The highest BCUT2D eigenvalue weighted by Gasteiger charge is 2.47. The van der Waals surface area contributed by atoms with Gasteiger partial charge in [-0.15, -0.1) is 11.3 Å². The number of benzene rings is 2. The van der Waals surface area contributed by atoms with E-state index in [0.717, 1.165) is 33.6 Å². The van der Waals surface area contributed by atoms with Crippen molar-refractivity contribution in [3.05, 3.63) is 64.1 Å². The van der Waals surface area contributed by atoms with E-state index in [9.17, 15) is 9.59 Å². The molecule has 8 heteroatoms. The van der Waals surface area contributed by atoms with Crippen LogP contribution in [0.25, 0.3) is 10.2 Å². The molecular weight excluding hydrogens is 448 g/mol. The van der Waals surface area contributed by atoms with Gasteiger partial charge in [0.25, 0.3) is 5.91 Å². The summed E-state index contributed by atoms with van der Waals surface area (Å²) < 4.78 is 12.2. The van der Waals surface area contributed by atoms with Gasteiger partial charge in [-0.1, -0.05) is 35.9 Å². The Morgan fingerprint density at radius 3 is 2.78 bits per heavy atom. The largest absolute Gasteiger partial charge is 0.469 e. The van der Waals surface area contributed by atoms with Gasteiger partial charge in [0, 0.05) is 11.6 Å². The van der Waals surface area contributed by atoms with E-state index in [2.05, 4.69) is 0 Å². The first kappa shape index (κ1) is 21.4. The first-order valence-corrected chi connectivity index (χ1v) is 11.9. The number of carbonyl (C=O) groups excluding carboxylic acids is 2. The lowest BCUT2D eigenvalue weighted by Gasteiger charge is -2.43. The number of amides is 1. The zero-order valence-electron chi connectivity index (χ0n) is 17.6. The lowest BCUT2D eigenvalue weighted by Crippen LogP contribution is -2.52. The number of thiazole rings is 1. The molecule has 0 bridgehead atoms. The second-order valence-corrected chi connectivity index (χ2v) is 9.78. The summed E-state index contributed by atoms with van der Waals surface area (Å²) in [5.74, 6) is -0.199. The molecule has 5 rings (SSSR count). The first-order chi connectivity index (χ1) is 15.5. The van der Waals surface area contributed by atoms with E-state index in [-0.39, 0.29) is 12.3 Å². The highest BCUT2D eigenvalue weighted by molar-refractivity contribution is 7.18. The lowest BCUT2D eigenvalue weighted by atomic mass is 9.96. The maximum atomic E-state index is 13.5. The van der Waals surface area contributed by atoms with E-state index >= 15 is 0 Å². The fourth-order valence-corrected chi connectivity index (χ4v) is 5.48. The smallest absolute Gasteiger partial charge is 0.308 e. The van der Waals surface area contributed by atoms with E-state index in [1.807, 2.05) is 47.4 Å². The molecule has 0 radical (unpaired) electrons. The van der Waals surface area contributed by atoms with Crippen LogP contribution in [0.3, 0.4) is 0 Å². The molecule has 0 unspecified atom stereocenters. The summed E-state index contributed by atoms with van der Waals surface area (Å²) in [5.41, 5.74) is 1.75. The second kappa shape index (κ2) is 8.81. The number of halogens is 1. The first-order valence-electron chi connectivity index (χ1n) is 10.7. The summed E-state index contributed by atoms with van der Waals surface area (Å²) in [4.78, 5) is 32.3. The number of rotatable bonds is 6. The van der Waals surface area contributed by atoms with Gasteiger partial charge in [-0.2, -0.15) is 0 Å². The van der Waals surface area contributed by atoms with Crippen molar-refractivity contribution in [2.45, 2.75) is 37.5 Å². The van der Waals surface area contributed by atoms with Crippen LogP contribution >= 0.6 is 22.9 Å². The van der Waals surface area contributed by atoms with E-state index in [0.29, 0.717) is 17.5 Å². The van der Waals surface area contributed by atoms with Gasteiger partial charge < -0.3 is 14.4 Å². The Morgan fingerprint density at radius 1 is 1.25 bits per heavy atom. The number of morpholine rings is 1. The summed E-state index contributed by atoms with van der Waals surface area (Å²) in [5, 5.41) is 1.41. The molecule has 6 nitrogen and oxygen atoms in total. The Labute approximate surface area is 195 Å². The number of carbonyl (C=O) groups is 2. The van der Waals surface area contributed by atoms with Gasteiger partial charge in [0.2, 0.25) is 0 Å². The second-order valence-electron chi connectivity index (χ2n) is 8.28. The molecule has 1 aromatic heterocycles. The molecule has 1 saturated heterocycles. The number of aromatic nitrogens is 1. The zero-order valence-corrected chi connectivity index (χ0v) is 19.1. The van der Waals surface area contributed by atoms with Crippen LogP contribution in [0.4, 0.5) is 0 Å². The third-order valence-corrected chi connectivity index (χ3v) is 7.31. The molecule has 3 aromatic rings. The molecule has 2 aromatic carbocycles. The van der Waals surface area contributed by atoms with Crippen molar-refractivity contribution >= 4 is 45.0 Å².